The summed E-state index contributed by atoms with van der Waals surface area (Å²) < 4.78 is 6.50. The van der Waals surface area contributed by atoms with Gasteiger partial charge in [-0.3, -0.25) is 9.48 Å². The number of hydrogen-bond donors (Lipinski definition) is 1. The van der Waals surface area contributed by atoms with Crippen LogP contribution in [-0.4, -0.2) is 40.4 Å². The highest BCUT2D eigenvalue weighted by Crippen LogP contribution is 2.20. The lowest BCUT2D eigenvalue weighted by Gasteiger charge is -2.29. The predicted molar refractivity (Wildman–Crippen MR) is 63.3 cm³/mol. The molecule has 1 unspecified atom stereocenters. The fourth-order valence-corrected chi connectivity index (χ4v) is 1.53. The smallest absolute Gasteiger partial charge is 0.323 e. The summed E-state index contributed by atoms with van der Waals surface area (Å²) in [7, 11) is 1.40. The summed E-state index contributed by atoms with van der Waals surface area (Å²) in [5.41, 5.74) is -0.185. The molecule has 0 bridgehead atoms. The molecule has 0 aliphatic heterocycles. The Morgan fingerprint density at radius 1 is 1.53 bits per heavy atom. The van der Waals surface area contributed by atoms with Crippen molar-refractivity contribution in [3.8, 4) is 0 Å². The number of carbonyl (C=O) groups excluding carboxylic acids is 1. The number of aromatic nitrogens is 3. The van der Waals surface area contributed by atoms with Gasteiger partial charge in [0.2, 0.25) is 0 Å². The van der Waals surface area contributed by atoms with Crippen LogP contribution in [0.1, 0.15) is 20.8 Å². The van der Waals surface area contributed by atoms with Crippen molar-refractivity contribution < 1.29 is 9.53 Å². The van der Waals surface area contributed by atoms with Crippen molar-refractivity contribution in [2.75, 3.05) is 13.7 Å². The van der Waals surface area contributed by atoms with Gasteiger partial charge >= 0.3 is 5.97 Å². The molecule has 1 aromatic rings. The summed E-state index contributed by atoms with van der Waals surface area (Å²) in [5.74, 6) is -0.240. The second kappa shape index (κ2) is 5.77. The Labute approximate surface area is 101 Å². The normalized spacial score (nSPS) is 13.4. The minimum atomic E-state index is -0.323. The van der Waals surface area contributed by atoms with E-state index in [4.69, 9.17) is 4.74 Å². The lowest BCUT2D eigenvalue weighted by atomic mass is 9.87. The first kappa shape index (κ1) is 13.6. The SMILES string of the molecule is COC(=O)C(NCCn1cncn1)C(C)(C)C. The molecule has 0 saturated heterocycles. The summed E-state index contributed by atoms with van der Waals surface area (Å²) in [4.78, 5) is 15.5. The van der Waals surface area contributed by atoms with Gasteiger partial charge in [0, 0.05) is 6.54 Å². The number of carbonyl (C=O) groups is 1. The number of hydrogen-bond acceptors (Lipinski definition) is 5. The summed E-state index contributed by atoms with van der Waals surface area (Å²) in [5, 5.41) is 7.18. The first-order chi connectivity index (χ1) is 7.95. The molecule has 0 amide bonds. The maximum absolute atomic E-state index is 11.6. The third-order valence-corrected chi connectivity index (χ3v) is 2.46. The van der Waals surface area contributed by atoms with Gasteiger partial charge in [-0.1, -0.05) is 20.8 Å². The zero-order valence-corrected chi connectivity index (χ0v) is 10.8. The van der Waals surface area contributed by atoms with Gasteiger partial charge in [-0.05, 0) is 5.41 Å². The molecule has 17 heavy (non-hydrogen) atoms. The number of nitrogens with zero attached hydrogens (tertiary/aromatic N) is 3. The molecule has 0 aliphatic rings. The van der Waals surface area contributed by atoms with Gasteiger partial charge < -0.3 is 10.1 Å². The minimum absolute atomic E-state index is 0.185. The number of nitrogens with one attached hydrogen (secondary N) is 1. The van der Waals surface area contributed by atoms with Crippen LogP contribution in [0.4, 0.5) is 0 Å². The molecule has 0 aliphatic carbocycles. The van der Waals surface area contributed by atoms with Gasteiger partial charge in [-0.2, -0.15) is 5.10 Å². The zero-order valence-electron chi connectivity index (χ0n) is 10.8. The molecule has 0 aromatic carbocycles. The molecule has 1 aromatic heterocycles. The summed E-state index contributed by atoms with van der Waals surface area (Å²) in [6, 6.07) is -0.323. The molecule has 1 atom stereocenters. The third-order valence-electron chi connectivity index (χ3n) is 2.46. The van der Waals surface area contributed by atoms with Gasteiger partial charge in [-0.25, -0.2) is 4.98 Å². The van der Waals surface area contributed by atoms with E-state index in [1.807, 2.05) is 20.8 Å². The molecule has 0 fully saturated rings. The van der Waals surface area contributed by atoms with E-state index in [2.05, 4.69) is 15.4 Å². The van der Waals surface area contributed by atoms with Gasteiger partial charge in [0.15, 0.2) is 0 Å². The van der Waals surface area contributed by atoms with Crippen LogP contribution in [0.5, 0.6) is 0 Å². The van der Waals surface area contributed by atoms with E-state index in [1.165, 1.54) is 13.4 Å². The van der Waals surface area contributed by atoms with Crippen LogP contribution in [-0.2, 0) is 16.1 Å². The molecule has 96 valence electrons. The Balaban J connectivity index is 2.47. The van der Waals surface area contributed by atoms with E-state index >= 15 is 0 Å². The van der Waals surface area contributed by atoms with E-state index in [1.54, 1.807) is 11.0 Å². The fraction of sp³-hybridized carbons (Fsp3) is 0.727. The van der Waals surface area contributed by atoms with Gasteiger partial charge in [-0.15, -0.1) is 0 Å². The first-order valence-electron chi connectivity index (χ1n) is 5.59. The second-order valence-corrected chi connectivity index (χ2v) is 4.93. The van der Waals surface area contributed by atoms with Crippen molar-refractivity contribution in [1.29, 1.82) is 0 Å². The fourth-order valence-electron chi connectivity index (χ4n) is 1.53. The Bertz CT molecular complexity index is 343. The summed E-state index contributed by atoms with van der Waals surface area (Å²) >= 11 is 0. The molecule has 0 spiro atoms. The molecule has 1 N–H and O–H groups in total. The van der Waals surface area contributed by atoms with E-state index in [0.717, 1.165) is 0 Å². The highest BCUT2D eigenvalue weighted by Gasteiger charge is 2.31. The minimum Gasteiger partial charge on any atom is -0.468 e. The largest absolute Gasteiger partial charge is 0.468 e. The van der Waals surface area contributed by atoms with Crippen LogP contribution in [0.3, 0.4) is 0 Å². The van der Waals surface area contributed by atoms with Gasteiger partial charge in [0.25, 0.3) is 0 Å². The maximum atomic E-state index is 11.6. The number of ether oxygens (including phenoxy) is 1. The van der Waals surface area contributed by atoms with E-state index in [-0.39, 0.29) is 17.4 Å². The summed E-state index contributed by atoms with van der Waals surface area (Å²) in [6.45, 7) is 7.30. The molecule has 1 heterocycles. The molecule has 1 rings (SSSR count). The van der Waals surface area contributed by atoms with Crippen molar-refractivity contribution >= 4 is 5.97 Å². The second-order valence-electron chi connectivity index (χ2n) is 4.93. The number of methoxy groups -OCH3 is 1. The molecular formula is C11H20N4O2. The maximum Gasteiger partial charge on any atom is 0.323 e. The average Bonchev–Trinajstić information content (AvgIpc) is 2.74. The van der Waals surface area contributed by atoms with E-state index in [0.29, 0.717) is 13.1 Å². The lowest BCUT2D eigenvalue weighted by Crippen LogP contribution is -2.48. The molecule has 0 radical (unpaired) electrons. The van der Waals surface area contributed by atoms with Crippen molar-refractivity contribution in [3.63, 3.8) is 0 Å². The Hall–Kier alpha value is -1.43. The predicted octanol–water partition coefficient (Wildman–Crippen LogP) is 0.455. The van der Waals surface area contributed by atoms with Gasteiger partial charge in [0.1, 0.15) is 18.7 Å². The number of rotatable bonds is 5. The molecule has 6 heteroatoms. The van der Waals surface area contributed by atoms with Crippen molar-refractivity contribution in [2.45, 2.75) is 33.4 Å². The molecule has 6 nitrogen and oxygen atoms in total. The monoisotopic (exact) mass is 240 g/mol. The van der Waals surface area contributed by atoms with Crippen LogP contribution in [0.2, 0.25) is 0 Å². The Morgan fingerprint density at radius 3 is 2.71 bits per heavy atom. The van der Waals surface area contributed by atoms with Crippen molar-refractivity contribution in [2.24, 2.45) is 5.41 Å². The molecule has 0 saturated carbocycles. The third kappa shape index (κ3) is 4.14. The van der Waals surface area contributed by atoms with Crippen molar-refractivity contribution in [1.82, 2.24) is 20.1 Å². The van der Waals surface area contributed by atoms with Crippen LogP contribution in [0, 0.1) is 5.41 Å². The van der Waals surface area contributed by atoms with Gasteiger partial charge in [0.05, 0.1) is 13.7 Å². The summed E-state index contributed by atoms with van der Waals surface area (Å²) in [6.07, 6.45) is 3.13. The van der Waals surface area contributed by atoms with Crippen LogP contribution >= 0.6 is 0 Å². The zero-order chi connectivity index (χ0) is 12.9. The first-order valence-corrected chi connectivity index (χ1v) is 5.59. The quantitative estimate of drug-likeness (QED) is 0.757. The average molecular weight is 240 g/mol. The van der Waals surface area contributed by atoms with Crippen LogP contribution in [0.25, 0.3) is 0 Å². The highest BCUT2D eigenvalue weighted by atomic mass is 16.5. The van der Waals surface area contributed by atoms with E-state index < -0.39 is 0 Å². The lowest BCUT2D eigenvalue weighted by molar-refractivity contribution is -0.146. The molecular weight excluding hydrogens is 220 g/mol. The van der Waals surface area contributed by atoms with Crippen molar-refractivity contribution in [3.05, 3.63) is 12.7 Å². The van der Waals surface area contributed by atoms with E-state index in [9.17, 15) is 4.79 Å². The number of esters is 1. The van der Waals surface area contributed by atoms with Crippen LogP contribution in [0.15, 0.2) is 12.7 Å². The Kier molecular flexibility index (Phi) is 4.62. The Morgan fingerprint density at radius 2 is 2.24 bits per heavy atom. The van der Waals surface area contributed by atoms with Crippen LogP contribution < -0.4 is 5.32 Å². The standard InChI is InChI=1S/C11H20N4O2/c1-11(2,3)9(10(16)17-4)13-5-6-15-8-12-7-14-15/h7-9,13H,5-6H2,1-4H3. The highest BCUT2D eigenvalue weighted by molar-refractivity contribution is 5.76. The topological polar surface area (TPSA) is 69.0 Å².